The minimum Gasteiger partial charge on any atom is -0.496 e. The molecule has 0 bridgehead atoms. The summed E-state index contributed by atoms with van der Waals surface area (Å²) in [6.45, 7) is 1.89. The highest BCUT2D eigenvalue weighted by atomic mass is 32.2. The van der Waals surface area contributed by atoms with E-state index < -0.39 is 15.9 Å². The minimum atomic E-state index is -3.29. The van der Waals surface area contributed by atoms with Crippen LogP contribution in [0.5, 0.6) is 5.75 Å². The van der Waals surface area contributed by atoms with Crippen molar-refractivity contribution in [2.45, 2.75) is 17.9 Å². The van der Waals surface area contributed by atoms with Crippen LogP contribution in [0, 0.1) is 6.92 Å². The molecule has 0 radical (unpaired) electrons. The van der Waals surface area contributed by atoms with E-state index in [9.17, 15) is 13.5 Å². The lowest BCUT2D eigenvalue weighted by atomic mass is 10.00. The Morgan fingerprint density at radius 3 is 2.33 bits per heavy atom. The van der Waals surface area contributed by atoms with Gasteiger partial charge < -0.3 is 9.84 Å². The number of ether oxygens (including phenoxy) is 1. The van der Waals surface area contributed by atoms with E-state index in [0.717, 1.165) is 17.6 Å². The summed E-state index contributed by atoms with van der Waals surface area (Å²) in [6.07, 6.45) is 0.270. The monoisotopic (exact) mass is 306 g/mol. The van der Waals surface area contributed by atoms with Gasteiger partial charge in [-0.25, -0.2) is 8.42 Å². The maximum atomic E-state index is 11.6. The van der Waals surface area contributed by atoms with Crippen LogP contribution in [0.15, 0.2) is 47.4 Å². The van der Waals surface area contributed by atoms with Crippen molar-refractivity contribution in [3.8, 4) is 5.75 Å². The van der Waals surface area contributed by atoms with Gasteiger partial charge in [0.2, 0.25) is 0 Å². The van der Waals surface area contributed by atoms with E-state index in [1.807, 2.05) is 13.0 Å². The molecule has 112 valence electrons. The quantitative estimate of drug-likeness (QED) is 0.942. The first-order valence-corrected chi connectivity index (χ1v) is 8.34. The van der Waals surface area contributed by atoms with E-state index in [1.165, 1.54) is 12.1 Å². The topological polar surface area (TPSA) is 63.6 Å². The number of aliphatic hydroxyl groups excluding tert-OH is 1. The van der Waals surface area contributed by atoms with Crippen molar-refractivity contribution < 1.29 is 18.3 Å². The van der Waals surface area contributed by atoms with Crippen molar-refractivity contribution in [1.29, 1.82) is 0 Å². The van der Waals surface area contributed by atoms with E-state index >= 15 is 0 Å². The highest BCUT2D eigenvalue weighted by molar-refractivity contribution is 7.90. The van der Waals surface area contributed by atoms with Crippen molar-refractivity contribution in [3.05, 3.63) is 59.2 Å². The largest absolute Gasteiger partial charge is 0.496 e. The molecule has 0 aliphatic heterocycles. The highest BCUT2D eigenvalue weighted by Gasteiger charge is 2.15. The molecule has 0 amide bonds. The van der Waals surface area contributed by atoms with E-state index in [-0.39, 0.29) is 4.90 Å². The van der Waals surface area contributed by atoms with Crippen LogP contribution in [0.1, 0.15) is 22.8 Å². The van der Waals surface area contributed by atoms with Crippen LogP contribution in [0.4, 0.5) is 0 Å². The summed E-state index contributed by atoms with van der Waals surface area (Å²) in [5.41, 5.74) is 2.15. The number of sulfone groups is 1. The molecule has 2 rings (SSSR count). The van der Waals surface area contributed by atoms with Crippen molar-refractivity contribution in [2.75, 3.05) is 13.4 Å². The molecule has 5 heteroatoms. The molecule has 0 aliphatic carbocycles. The third-order valence-electron chi connectivity index (χ3n) is 3.34. The lowest BCUT2D eigenvalue weighted by Gasteiger charge is -2.14. The zero-order valence-electron chi connectivity index (χ0n) is 12.2. The van der Waals surface area contributed by atoms with Crippen LogP contribution in [0.3, 0.4) is 0 Å². The third kappa shape index (κ3) is 3.43. The average Bonchev–Trinajstić information content (AvgIpc) is 2.45. The van der Waals surface area contributed by atoms with Crippen molar-refractivity contribution >= 4 is 9.84 Å². The van der Waals surface area contributed by atoms with Crippen molar-refractivity contribution in [2.24, 2.45) is 0 Å². The van der Waals surface area contributed by atoms with Gasteiger partial charge in [-0.3, -0.25) is 0 Å². The number of rotatable bonds is 4. The van der Waals surface area contributed by atoms with E-state index in [1.54, 1.807) is 31.4 Å². The van der Waals surface area contributed by atoms with Gasteiger partial charge in [-0.05, 0) is 47.9 Å². The van der Waals surface area contributed by atoms with Crippen LogP contribution in [0.25, 0.3) is 0 Å². The van der Waals surface area contributed by atoms with Gasteiger partial charge in [0, 0.05) is 6.26 Å². The molecule has 1 atom stereocenters. The van der Waals surface area contributed by atoms with Gasteiger partial charge in [0.05, 0.1) is 12.0 Å². The number of hydrogen-bond acceptors (Lipinski definition) is 4. The normalized spacial score (nSPS) is 13.0. The summed E-state index contributed by atoms with van der Waals surface area (Å²) in [7, 11) is -1.70. The summed E-state index contributed by atoms with van der Waals surface area (Å²) in [5.74, 6) is 0.746. The van der Waals surface area contributed by atoms with Crippen LogP contribution >= 0.6 is 0 Å². The molecule has 1 N–H and O–H groups in total. The fraction of sp³-hybridized carbons (Fsp3) is 0.250. The summed E-state index contributed by atoms with van der Waals surface area (Å²) in [5, 5.41) is 10.4. The first-order valence-electron chi connectivity index (χ1n) is 6.45. The Balaban J connectivity index is 2.40. The van der Waals surface area contributed by atoms with Crippen molar-refractivity contribution in [1.82, 2.24) is 0 Å². The molecule has 0 aliphatic rings. The molecule has 0 saturated heterocycles. The maximum absolute atomic E-state index is 11.6. The second-order valence-electron chi connectivity index (χ2n) is 4.98. The van der Waals surface area contributed by atoms with Gasteiger partial charge in [0.25, 0.3) is 0 Å². The summed E-state index contributed by atoms with van der Waals surface area (Å²) >= 11 is 0. The molecule has 1 unspecified atom stereocenters. The Morgan fingerprint density at radius 1 is 1.10 bits per heavy atom. The molecular weight excluding hydrogens is 288 g/mol. The first kappa shape index (κ1) is 15.5. The lowest BCUT2D eigenvalue weighted by molar-refractivity contribution is 0.220. The molecule has 0 aromatic heterocycles. The Hall–Kier alpha value is -1.85. The Labute approximate surface area is 124 Å². The molecule has 0 saturated carbocycles. The number of methoxy groups -OCH3 is 1. The SMILES string of the molecule is COc1ccc(C(O)c2cccc(S(C)(=O)=O)c2)cc1C. The summed E-state index contributed by atoms with van der Waals surface area (Å²) in [4.78, 5) is 0.198. The number of aliphatic hydroxyl groups is 1. The second kappa shape index (κ2) is 5.87. The zero-order chi connectivity index (χ0) is 15.6. The molecule has 0 fully saturated rings. The Bertz CT molecular complexity index is 751. The number of hydrogen-bond donors (Lipinski definition) is 1. The molecule has 0 heterocycles. The number of benzene rings is 2. The van der Waals surface area contributed by atoms with E-state index in [0.29, 0.717) is 11.1 Å². The Morgan fingerprint density at radius 2 is 1.76 bits per heavy atom. The van der Waals surface area contributed by atoms with Crippen LogP contribution in [0.2, 0.25) is 0 Å². The predicted octanol–water partition coefficient (Wildman–Crippen LogP) is 2.49. The van der Waals surface area contributed by atoms with Gasteiger partial charge in [-0.2, -0.15) is 0 Å². The fourth-order valence-electron chi connectivity index (χ4n) is 2.18. The molecule has 4 nitrogen and oxygen atoms in total. The fourth-order valence-corrected chi connectivity index (χ4v) is 2.86. The van der Waals surface area contributed by atoms with Gasteiger partial charge in [-0.15, -0.1) is 0 Å². The zero-order valence-corrected chi connectivity index (χ0v) is 13.0. The summed E-state index contributed by atoms with van der Waals surface area (Å²) < 4.78 is 28.4. The average molecular weight is 306 g/mol. The molecule has 2 aromatic rings. The van der Waals surface area contributed by atoms with Gasteiger partial charge in [0.15, 0.2) is 9.84 Å². The molecule has 21 heavy (non-hydrogen) atoms. The molecular formula is C16H18O4S. The molecule has 0 spiro atoms. The van der Waals surface area contributed by atoms with Crippen LogP contribution in [-0.4, -0.2) is 26.9 Å². The van der Waals surface area contributed by atoms with E-state index in [4.69, 9.17) is 4.74 Å². The lowest BCUT2D eigenvalue weighted by Crippen LogP contribution is -2.03. The van der Waals surface area contributed by atoms with Gasteiger partial charge in [-0.1, -0.05) is 18.2 Å². The molecule has 2 aromatic carbocycles. The van der Waals surface area contributed by atoms with Gasteiger partial charge in [0.1, 0.15) is 11.9 Å². The maximum Gasteiger partial charge on any atom is 0.175 e. The standard InChI is InChI=1S/C16H18O4S/c1-11-9-13(7-8-15(11)20-2)16(17)12-5-4-6-14(10-12)21(3,18)19/h4-10,16-17H,1-3H3. The minimum absolute atomic E-state index is 0.198. The smallest absolute Gasteiger partial charge is 0.175 e. The summed E-state index contributed by atoms with van der Waals surface area (Å²) in [6, 6.07) is 11.7. The number of aryl methyl sites for hydroxylation is 1. The van der Waals surface area contributed by atoms with Crippen LogP contribution in [-0.2, 0) is 9.84 Å². The van der Waals surface area contributed by atoms with Crippen LogP contribution < -0.4 is 4.74 Å². The first-order chi connectivity index (χ1) is 9.82. The van der Waals surface area contributed by atoms with Gasteiger partial charge >= 0.3 is 0 Å². The highest BCUT2D eigenvalue weighted by Crippen LogP contribution is 2.27. The predicted molar refractivity (Wildman–Crippen MR) is 81.3 cm³/mol. The second-order valence-corrected chi connectivity index (χ2v) is 6.99. The van der Waals surface area contributed by atoms with E-state index in [2.05, 4.69) is 0 Å². The Kier molecular flexibility index (Phi) is 4.34. The third-order valence-corrected chi connectivity index (χ3v) is 4.45. The van der Waals surface area contributed by atoms with Crippen molar-refractivity contribution in [3.63, 3.8) is 0 Å².